The van der Waals surface area contributed by atoms with Gasteiger partial charge in [-0.25, -0.2) is 0 Å². The molecule has 2 fully saturated rings. The topological polar surface area (TPSA) is 29.5 Å². The Labute approximate surface area is 117 Å². The van der Waals surface area contributed by atoms with Gasteiger partial charge in [-0.1, -0.05) is 19.3 Å². The third-order valence-corrected chi connectivity index (χ3v) is 4.66. The molecule has 2 aliphatic heterocycles. The minimum Gasteiger partial charge on any atom is -0.361 e. The van der Waals surface area contributed by atoms with Crippen LogP contribution in [0.1, 0.15) is 59.8 Å². The Hall–Kier alpha value is -0.410. The second-order valence-electron chi connectivity index (χ2n) is 7.20. The predicted molar refractivity (Wildman–Crippen MR) is 77.3 cm³/mol. The fraction of sp³-hybridized carbons (Fsp3) is 0.938. The van der Waals surface area contributed by atoms with Crippen LogP contribution < -0.4 is 0 Å². The van der Waals surface area contributed by atoms with Gasteiger partial charge in [-0.2, -0.15) is 0 Å². The van der Waals surface area contributed by atoms with Gasteiger partial charge in [0.15, 0.2) is 5.78 Å². The molecule has 0 radical (unpaired) electrons. The molecule has 3 heteroatoms. The molecule has 3 nitrogen and oxygen atoms in total. The summed E-state index contributed by atoms with van der Waals surface area (Å²) in [5.41, 5.74) is -0.945. The van der Waals surface area contributed by atoms with Crippen molar-refractivity contribution < 1.29 is 9.53 Å². The maximum Gasteiger partial charge on any atom is 0.171 e. The number of carbonyl (C=O) groups is 1. The van der Waals surface area contributed by atoms with Crippen molar-refractivity contribution in [2.75, 3.05) is 19.6 Å². The van der Waals surface area contributed by atoms with E-state index >= 15 is 0 Å². The fourth-order valence-electron chi connectivity index (χ4n) is 3.57. The van der Waals surface area contributed by atoms with Gasteiger partial charge in [0.05, 0.1) is 11.5 Å². The maximum atomic E-state index is 12.5. The highest BCUT2D eigenvalue weighted by molar-refractivity contribution is 5.91. The molecule has 0 aromatic carbocycles. The van der Waals surface area contributed by atoms with E-state index in [-0.39, 0.29) is 17.3 Å². The van der Waals surface area contributed by atoms with Crippen LogP contribution in [0.5, 0.6) is 0 Å². The zero-order chi connectivity index (χ0) is 14.1. The Morgan fingerprint density at radius 3 is 2.05 bits per heavy atom. The number of carbonyl (C=O) groups excluding carboxylic acids is 1. The van der Waals surface area contributed by atoms with Gasteiger partial charge in [-0.05, 0) is 53.6 Å². The number of likely N-dealkylation sites (tertiary alicyclic amines) is 1. The first-order chi connectivity index (χ1) is 8.83. The molecule has 0 aliphatic carbocycles. The molecule has 0 saturated carbocycles. The summed E-state index contributed by atoms with van der Waals surface area (Å²) in [5.74, 6) is 0.293. The molecule has 19 heavy (non-hydrogen) atoms. The Kier molecular flexibility index (Phi) is 4.36. The van der Waals surface area contributed by atoms with Gasteiger partial charge in [0.2, 0.25) is 0 Å². The third kappa shape index (κ3) is 3.38. The number of hydrogen-bond donors (Lipinski definition) is 0. The van der Waals surface area contributed by atoms with Crippen LogP contribution in [0, 0.1) is 5.92 Å². The predicted octanol–water partition coefficient (Wildman–Crippen LogP) is 3.03. The molecule has 1 atom stereocenters. The number of ketones is 1. The standard InChI is InChI=1S/C16H29NO2/c1-15(2)13(14(18)16(3,4)19-15)12-17-10-8-6-5-7-9-11-17/h13H,5-12H2,1-4H3. The van der Waals surface area contributed by atoms with E-state index in [1.165, 1.54) is 32.1 Å². The van der Waals surface area contributed by atoms with E-state index in [0.717, 1.165) is 19.6 Å². The van der Waals surface area contributed by atoms with Crippen molar-refractivity contribution >= 4 is 5.78 Å². The van der Waals surface area contributed by atoms with Gasteiger partial charge in [0, 0.05) is 6.54 Å². The monoisotopic (exact) mass is 267 g/mol. The van der Waals surface area contributed by atoms with Crippen LogP contribution in [0.4, 0.5) is 0 Å². The van der Waals surface area contributed by atoms with Crippen LogP contribution in [0.25, 0.3) is 0 Å². The third-order valence-electron chi connectivity index (χ3n) is 4.66. The van der Waals surface area contributed by atoms with Crippen molar-refractivity contribution in [2.24, 2.45) is 5.92 Å². The minimum atomic E-state index is -0.614. The van der Waals surface area contributed by atoms with E-state index in [2.05, 4.69) is 18.7 Å². The van der Waals surface area contributed by atoms with Crippen LogP contribution in [0.3, 0.4) is 0 Å². The van der Waals surface area contributed by atoms with Crippen molar-refractivity contribution in [3.63, 3.8) is 0 Å². The lowest BCUT2D eigenvalue weighted by Crippen LogP contribution is -2.42. The summed E-state index contributed by atoms with van der Waals surface area (Å²) in [6.45, 7) is 11.1. The number of hydrogen-bond acceptors (Lipinski definition) is 3. The molecule has 110 valence electrons. The van der Waals surface area contributed by atoms with E-state index in [9.17, 15) is 4.79 Å². The molecule has 0 N–H and O–H groups in total. The fourth-order valence-corrected chi connectivity index (χ4v) is 3.57. The summed E-state index contributed by atoms with van der Waals surface area (Å²) in [7, 11) is 0. The summed E-state index contributed by atoms with van der Waals surface area (Å²) in [4.78, 5) is 15.0. The molecule has 1 unspecified atom stereocenters. The molecular formula is C16H29NO2. The summed E-state index contributed by atoms with van der Waals surface area (Å²) >= 11 is 0. The van der Waals surface area contributed by atoms with E-state index in [0.29, 0.717) is 0 Å². The highest BCUT2D eigenvalue weighted by atomic mass is 16.5. The quantitative estimate of drug-likeness (QED) is 0.770. The normalized spacial score (nSPS) is 32.0. The van der Waals surface area contributed by atoms with Crippen molar-refractivity contribution in [3.8, 4) is 0 Å². The Balaban J connectivity index is 2.02. The van der Waals surface area contributed by atoms with Crippen molar-refractivity contribution in [3.05, 3.63) is 0 Å². The molecule has 0 amide bonds. The van der Waals surface area contributed by atoms with Crippen molar-refractivity contribution in [1.82, 2.24) is 4.90 Å². The molecule has 2 heterocycles. The molecule has 2 saturated heterocycles. The van der Waals surface area contributed by atoms with Gasteiger partial charge in [-0.15, -0.1) is 0 Å². The van der Waals surface area contributed by atoms with Gasteiger partial charge >= 0.3 is 0 Å². The van der Waals surface area contributed by atoms with E-state index in [1.54, 1.807) is 0 Å². The maximum absolute atomic E-state index is 12.5. The highest BCUT2D eigenvalue weighted by Gasteiger charge is 2.53. The lowest BCUT2D eigenvalue weighted by Gasteiger charge is -2.31. The van der Waals surface area contributed by atoms with Crippen LogP contribution in [0.15, 0.2) is 0 Å². The van der Waals surface area contributed by atoms with Crippen molar-refractivity contribution in [1.29, 1.82) is 0 Å². The largest absolute Gasteiger partial charge is 0.361 e. The first kappa shape index (κ1) is 15.0. The Morgan fingerprint density at radius 1 is 1.05 bits per heavy atom. The smallest absolute Gasteiger partial charge is 0.171 e. The SMILES string of the molecule is CC1(C)OC(C)(C)C(CN2CCCCCCC2)C1=O. The zero-order valence-electron chi connectivity index (χ0n) is 13.0. The second kappa shape index (κ2) is 5.53. The second-order valence-corrected chi connectivity index (χ2v) is 7.20. The van der Waals surface area contributed by atoms with E-state index in [4.69, 9.17) is 4.74 Å². The Bertz CT molecular complexity index is 328. The lowest BCUT2D eigenvalue weighted by atomic mass is 9.85. The van der Waals surface area contributed by atoms with Crippen LogP contribution in [-0.4, -0.2) is 41.5 Å². The van der Waals surface area contributed by atoms with Gasteiger partial charge < -0.3 is 9.64 Å². The molecule has 0 bridgehead atoms. The summed E-state index contributed by atoms with van der Waals surface area (Å²) < 4.78 is 5.98. The zero-order valence-corrected chi connectivity index (χ0v) is 13.0. The number of nitrogens with zero attached hydrogens (tertiary/aromatic N) is 1. The van der Waals surface area contributed by atoms with E-state index < -0.39 is 5.60 Å². The molecule has 0 aromatic rings. The lowest BCUT2D eigenvalue weighted by molar-refractivity contribution is -0.132. The summed E-state index contributed by atoms with van der Waals surface area (Å²) in [6.07, 6.45) is 6.58. The Morgan fingerprint density at radius 2 is 1.58 bits per heavy atom. The first-order valence-corrected chi connectivity index (χ1v) is 7.80. The average molecular weight is 267 g/mol. The molecule has 2 rings (SSSR count). The minimum absolute atomic E-state index is 0.0157. The number of rotatable bonds is 2. The van der Waals surface area contributed by atoms with Gasteiger partial charge in [0.25, 0.3) is 0 Å². The van der Waals surface area contributed by atoms with Crippen LogP contribution in [-0.2, 0) is 9.53 Å². The highest BCUT2D eigenvalue weighted by Crippen LogP contribution is 2.39. The summed E-state index contributed by atoms with van der Waals surface area (Å²) in [5, 5.41) is 0. The molecule has 0 spiro atoms. The number of Topliss-reactive ketones (excluding diaryl/α,β-unsaturated/α-hetero) is 1. The number of ether oxygens (including phenoxy) is 1. The van der Waals surface area contributed by atoms with Gasteiger partial charge in [0.1, 0.15) is 5.60 Å². The molecule has 0 aromatic heterocycles. The molecular weight excluding hydrogens is 238 g/mol. The van der Waals surface area contributed by atoms with Crippen LogP contribution in [0.2, 0.25) is 0 Å². The van der Waals surface area contributed by atoms with Gasteiger partial charge in [-0.3, -0.25) is 4.79 Å². The summed E-state index contributed by atoms with van der Waals surface area (Å²) in [6, 6.07) is 0. The van der Waals surface area contributed by atoms with E-state index in [1.807, 2.05) is 13.8 Å². The molecule has 2 aliphatic rings. The van der Waals surface area contributed by atoms with Crippen molar-refractivity contribution in [2.45, 2.75) is 71.0 Å². The average Bonchev–Trinajstić information content (AvgIpc) is 2.39. The van der Waals surface area contributed by atoms with Crippen LogP contribution >= 0.6 is 0 Å². The first-order valence-electron chi connectivity index (χ1n) is 7.80.